The summed E-state index contributed by atoms with van der Waals surface area (Å²) in [7, 11) is 0. The van der Waals surface area contributed by atoms with Crippen molar-refractivity contribution in [1.29, 1.82) is 0 Å². The molecule has 20 heavy (non-hydrogen) atoms. The zero-order chi connectivity index (χ0) is 13.9. The van der Waals surface area contributed by atoms with Gasteiger partial charge < -0.3 is 16.4 Å². The van der Waals surface area contributed by atoms with Crippen molar-refractivity contribution in [3.05, 3.63) is 40.0 Å². The molecule has 0 fully saturated rings. The Balaban J connectivity index is 2.01. The number of aromatic nitrogens is 2. The molecule has 0 saturated heterocycles. The number of anilines is 3. The Bertz CT molecular complexity index is 629. The maximum Gasteiger partial charge on any atom is 0.222 e. The molecule has 2 heterocycles. The molecule has 2 aromatic rings. The first kappa shape index (κ1) is 13.3. The molecular formula is C14H16BrN5. The van der Waals surface area contributed by atoms with Crippen molar-refractivity contribution < 1.29 is 0 Å². The van der Waals surface area contributed by atoms with E-state index in [-0.39, 0.29) is 0 Å². The molecule has 1 aliphatic heterocycles. The van der Waals surface area contributed by atoms with Crippen LogP contribution >= 0.6 is 15.9 Å². The minimum absolute atomic E-state index is 0.320. The van der Waals surface area contributed by atoms with Crippen LogP contribution in [-0.4, -0.2) is 23.1 Å². The van der Waals surface area contributed by atoms with Gasteiger partial charge in [-0.1, -0.05) is 12.1 Å². The molecular weight excluding hydrogens is 318 g/mol. The summed E-state index contributed by atoms with van der Waals surface area (Å²) >= 11 is 3.53. The van der Waals surface area contributed by atoms with Crippen molar-refractivity contribution in [2.24, 2.45) is 0 Å². The molecule has 1 aliphatic rings. The van der Waals surface area contributed by atoms with Crippen LogP contribution < -0.4 is 16.4 Å². The van der Waals surface area contributed by atoms with Crippen molar-refractivity contribution in [2.75, 3.05) is 24.1 Å². The lowest BCUT2D eigenvalue weighted by molar-refractivity contribution is 0.708. The fourth-order valence-electron chi connectivity index (χ4n) is 2.36. The normalized spacial score (nSPS) is 14.4. The van der Waals surface area contributed by atoms with Gasteiger partial charge in [0.15, 0.2) is 0 Å². The predicted molar refractivity (Wildman–Crippen MR) is 84.1 cm³/mol. The van der Waals surface area contributed by atoms with Crippen molar-refractivity contribution in [3.63, 3.8) is 0 Å². The second-order valence-electron chi connectivity index (χ2n) is 4.71. The molecule has 4 N–H and O–H groups in total. The number of halogens is 1. The molecule has 0 radical (unpaired) electrons. The molecule has 0 spiro atoms. The van der Waals surface area contributed by atoms with Crippen LogP contribution in [0.1, 0.15) is 11.3 Å². The van der Waals surface area contributed by atoms with Crippen LogP contribution in [0.3, 0.4) is 0 Å². The summed E-state index contributed by atoms with van der Waals surface area (Å²) < 4.78 is 0.998. The van der Waals surface area contributed by atoms with E-state index in [2.05, 4.69) is 36.5 Å². The van der Waals surface area contributed by atoms with Crippen LogP contribution in [0.2, 0.25) is 0 Å². The van der Waals surface area contributed by atoms with Gasteiger partial charge in [0, 0.05) is 23.0 Å². The molecule has 6 heteroatoms. The third-order valence-corrected chi connectivity index (χ3v) is 4.02. The van der Waals surface area contributed by atoms with Crippen LogP contribution in [-0.2, 0) is 12.8 Å². The van der Waals surface area contributed by atoms with E-state index in [0.29, 0.717) is 5.95 Å². The third-order valence-electron chi connectivity index (χ3n) is 3.33. The van der Waals surface area contributed by atoms with Crippen LogP contribution in [0.4, 0.5) is 17.5 Å². The van der Waals surface area contributed by atoms with Gasteiger partial charge in [-0.2, -0.15) is 4.98 Å². The molecule has 1 aromatic carbocycles. The van der Waals surface area contributed by atoms with Crippen LogP contribution in [0.5, 0.6) is 0 Å². The summed E-state index contributed by atoms with van der Waals surface area (Å²) in [5.41, 5.74) is 9.00. The van der Waals surface area contributed by atoms with E-state index in [1.54, 1.807) is 0 Å². The summed E-state index contributed by atoms with van der Waals surface area (Å²) in [6, 6.07) is 7.96. The summed E-state index contributed by atoms with van der Waals surface area (Å²) in [6.45, 7) is 1.86. The molecule has 0 saturated carbocycles. The minimum atomic E-state index is 0.320. The van der Waals surface area contributed by atoms with Gasteiger partial charge >= 0.3 is 0 Å². The van der Waals surface area contributed by atoms with Gasteiger partial charge in [0.2, 0.25) is 5.95 Å². The number of nitrogen functional groups attached to an aromatic ring is 1. The highest BCUT2D eigenvalue weighted by atomic mass is 79.9. The van der Waals surface area contributed by atoms with E-state index in [4.69, 9.17) is 5.73 Å². The van der Waals surface area contributed by atoms with Gasteiger partial charge in [0.1, 0.15) is 5.82 Å². The summed E-state index contributed by atoms with van der Waals surface area (Å²) in [5, 5.41) is 6.73. The highest BCUT2D eigenvalue weighted by Crippen LogP contribution is 2.28. The third kappa shape index (κ3) is 2.76. The smallest absolute Gasteiger partial charge is 0.222 e. The Kier molecular flexibility index (Phi) is 3.84. The van der Waals surface area contributed by atoms with Crippen LogP contribution in [0.15, 0.2) is 28.7 Å². The van der Waals surface area contributed by atoms with Gasteiger partial charge in [0.25, 0.3) is 0 Å². The van der Waals surface area contributed by atoms with Crippen molar-refractivity contribution in [2.45, 2.75) is 12.8 Å². The first-order chi connectivity index (χ1) is 9.74. The number of fused-ring (bicyclic) bond motifs is 1. The standard InChI is InChI=1S/C14H16BrN5/c15-10-3-1-2-4-12(10)18-13-9-5-7-17-8-6-11(9)19-14(16)20-13/h1-4,17H,5-8H2,(H3,16,18,19,20). The SMILES string of the molecule is Nc1nc2c(c(Nc3ccccc3Br)n1)CCNCC2. The average Bonchev–Trinajstić information content (AvgIpc) is 2.66. The monoisotopic (exact) mass is 333 g/mol. The lowest BCUT2D eigenvalue weighted by Crippen LogP contribution is -2.16. The number of para-hydroxylation sites is 1. The Hall–Kier alpha value is -1.66. The minimum Gasteiger partial charge on any atom is -0.368 e. The highest BCUT2D eigenvalue weighted by Gasteiger charge is 2.16. The van der Waals surface area contributed by atoms with Crippen molar-refractivity contribution in [1.82, 2.24) is 15.3 Å². The molecule has 3 rings (SSSR count). The molecule has 0 amide bonds. The zero-order valence-corrected chi connectivity index (χ0v) is 12.6. The maximum atomic E-state index is 5.83. The number of nitrogens with one attached hydrogen (secondary N) is 2. The maximum absolute atomic E-state index is 5.83. The quantitative estimate of drug-likeness (QED) is 0.785. The molecule has 5 nitrogen and oxygen atoms in total. The first-order valence-electron chi connectivity index (χ1n) is 6.61. The van der Waals surface area contributed by atoms with Crippen molar-refractivity contribution in [3.8, 4) is 0 Å². The van der Waals surface area contributed by atoms with Crippen LogP contribution in [0, 0.1) is 0 Å². The number of hydrogen-bond acceptors (Lipinski definition) is 5. The second-order valence-corrected chi connectivity index (χ2v) is 5.56. The van der Waals surface area contributed by atoms with Gasteiger partial charge in [0.05, 0.1) is 11.4 Å². The summed E-state index contributed by atoms with van der Waals surface area (Å²) in [5.74, 6) is 1.13. The predicted octanol–water partition coefficient (Wildman–Crippen LogP) is 2.25. The van der Waals surface area contributed by atoms with E-state index in [9.17, 15) is 0 Å². The zero-order valence-electron chi connectivity index (χ0n) is 11.0. The van der Waals surface area contributed by atoms with E-state index in [1.165, 1.54) is 0 Å². The number of hydrogen-bond donors (Lipinski definition) is 3. The molecule has 0 atom stereocenters. The highest BCUT2D eigenvalue weighted by molar-refractivity contribution is 9.10. The number of nitrogens with zero attached hydrogens (tertiary/aromatic N) is 2. The lowest BCUT2D eigenvalue weighted by atomic mass is 10.1. The summed E-state index contributed by atoms with van der Waals surface area (Å²) in [4.78, 5) is 8.74. The Labute approximate surface area is 126 Å². The fraction of sp³-hybridized carbons (Fsp3) is 0.286. The largest absolute Gasteiger partial charge is 0.368 e. The Morgan fingerprint density at radius 3 is 2.80 bits per heavy atom. The van der Waals surface area contributed by atoms with E-state index in [1.807, 2.05) is 24.3 Å². The number of rotatable bonds is 2. The van der Waals surface area contributed by atoms with E-state index < -0.39 is 0 Å². The van der Waals surface area contributed by atoms with Gasteiger partial charge in [-0.25, -0.2) is 4.98 Å². The Morgan fingerprint density at radius 2 is 1.95 bits per heavy atom. The molecule has 0 bridgehead atoms. The van der Waals surface area contributed by atoms with Crippen molar-refractivity contribution >= 4 is 33.4 Å². The van der Waals surface area contributed by atoms with Gasteiger partial charge in [-0.3, -0.25) is 0 Å². The molecule has 104 valence electrons. The van der Waals surface area contributed by atoms with Gasteiger partial charge in [-0.05, 0) is 41.0 Å². The number of benzene rings is 1. The molecule has 0 unspecified atom stereocenters. The number of nitrogens with two attached hydrogens (primary N) is 1. The van der Waals surface area contributed by atoms with E-state index >= 15 is 0 Å². The topological polar surface area (TPSA) is 75.9 Å². The molecule has 1 aromatic heterocycles. The van der Waals surface area contributed by atoms with Gasteiger partial charge in [-0.15, -0.1) is 0 Å². The fourth-order valence-corrected chi connectivity index (χ4v) is 2.74. The van der Waals surface area contributed by atoms with Crippen LogP contribution in [0.25, 0.3) is 0 Å². The molecule has 0 aliphatic carbocycles. The second kappa shape index (κ2) is 5.76. The van der Waals surface area contributed by atoms with E-state index in [0.717, 1.165) is 53.2 Å². The first-order valence-corrected chi connectivity index (χ1v) is 7.41. The summed E-state index contributed by atoms with van der Waals surface area (Å²) in [6.07, 6.45) is 1.79. The Morgan fingerprint density at radius 1 is 1.15 bits per heavy atom. The average molecular weight is 334 g/mol. The lowest BCUT2D eigenvalue weighted by Gasteiger charge is -2.14.